The van der Waals surface area contributed by atoms with E-state index in [1.54, 1.807) is 12.1 Å². The van der Waals surface area contributed by atoms with Crippen molar-refractivity contribution in [2.24, 2.45) is 4.99 Å². The third kappa shape index (κ3) is 3.19. The summed E-state index contributed by atoms with van der Waals surface area (Å²) in [7, 11) is 1.25. The summed E-state index contributed by atoms with van der Waals surface area (Å²) >= 11 is 0. The summed E-state index contributed by atoms with van der Waals surface area (Å²) < 4.78 is 17.3. The van der Waals surface area contributed by atoms with Crippen LogP contribution < -0.4 is 0 Å². The normalized spacial score (nSPS) is 10.6. The first-order chi connectivity index (χ1) is 9.20. The highest BCUT2D eigenvalue weighted by molar-refractivity contribution is 5.93. The molecule has 1 aromatic carbocycles. The molecule has 0 aliphatic rings. The van der Waals surface area contributed by atoms with Crippen LogP contribution in [0.4, 0.5) is 10.2 Å². The van der Waals surface area contributed by atoms with Gasteiger partial charge in [0.2, 0.25) is 0 Å². The van der Waals surface area contributed by atoms with Crippen LogP contribution in [0.3, 0.4) is 0 Å². The number of halogens is 1. The van der Waals surface area contributed by atoms with Crippen LogP contribution in [0.25, 0.3) is 0 Å². The van der Waals surface area contributed by atoms with Gasteiger partial charge in [-0.2, -0.15) is 0 Å². The number of nitrogens with zero attached hydrogens (tertiary/aromatic N) is 3. The van der Waals surface area contributed by atoms with E-state index in [4.69, 9.17) is 0 Å². The van der Waals surface area contributed by atoms with Gasteiger partial charge in [-0.1, -0.05) is 12.1 Å². The van der Waals surface area contributed by atoms with E-state index in [1.165, 1.54) is 37.9 Å². The topological polar surface area (TPSA) is 64.4 Å². The Balaban J connectivity index is 2.28. The maximum absolute atomic E-state index is 12.7. The molecule has 0 aliphatic carbocycles. The molecule has 0 unspecified atom stereocenters. The first kappa shape index (κ1) is 12.8. The fourth-order valence-electron chi connectivity index (χ4n) is 1.35. The van der Waals surface area contributed by atoms with Gasteiger partial charge in [0.1, 0.15) is 5.82 Å². The van der Waals surface area contributed by atoms with E-state index >= 15 is 0 Å². The molecule has 0 radical (unpaired) electrons. The van der Waals surface area contributed by atoms with Crippen LogP contribution in [-0.4, -0.2) is 29.3 Å². The smallest absolute Gasteiger partial charge is 0.360 e. The summed E-state index contributed by atoms with van der Waals surface area (Å²) in [6.07, 6.45) is 4.27. The van der Waals surface area contributed by atoms with Gasteiger partial charge in [0.15, 0.2) is 11.5 Å². The number of hydrogen-bond acceptors (Lipinski definition) is 5. The fourth-order valence-corrected chi connectivity index (χ4v) is 1.35. The minimum Gasteiger partial charge on any atom is -0.464 e. The number of benzene rings is 1. The number of hydrogen-bond donors (Lipinski definition) is 0. The number of carbonyl (C=O) groups excluding carboxylic acids is 1. The number of carbonyl (C=O) groups is 1. The molecule has 1 aromatic heterocycles. The van der Waals surface area contributed by atoms with E-state index in [-0.39, 0.29) is 17.3 Å². The Kier molecular flexibility index (Phi) is 3.92. The average molecular weight is 259 g/mol. The molecule has 0 fully saturated rings. The molecule has 0 saturated carbocycles. The third-order valence-corrected chi connectivity index (χ3v) is 2.26. The molecule has 0 bridgehead atoms. The van der Waals surface area contributed by atoms with E-state index in [1.807, 2.05) is 0 Å². The summed E-state index contributed by atoms with van der Waals surface area (Å²) in [6.45, 7) is 0. The Morgan fingerprint density at radius 3 is 2.63 bits per heavy atom. The summed E-state index contributed by atoms with van der Waals surface area (Å²) in [6, 6.07) is 5.76. The Hall–Kier alpha value is -2.63. The minimum absolute atomic E-state index is 0.0309. The number of aromatic nitrogens is 2. The second-order valence-electron chi connectivity index (χ2n) is 3.53. The fraction of sp³-hybridized carbons (Fsp3) is 0.0769. The standard InChI is InChI=1S/C13H10FN3O2/c1-19-13(18)11-12(16-7-6-15-11)17-8-9-2-4-10(14)5-3-9/h2-8H,1H3/b17-8+. The van der Waals surface area contributed by atoms with Crippen molar-refractivity contribution in [3.63, 3.8) is 0 Å². The molecule has 2 rings (SSSR count). The van der Waals surface area contributed by atoms with Crippen LogP contribution in [0.2, 0.25) is 0 Å². The highest BCUT2D eigenvalue weighted by Crippen LogP contribution is 2.13. The van der Waals surface area contributed by atoms with Gasteiger partial charge in [0.25, 0.3) is 0 Å². The second kappa shape index (κ2) is 5.81. The summed E-state index contributed by atoms with van der Waals surface area (Å²) in [4.78, 5) is 23.3. The van der Waals surface area contributed by atoms with Gasteiger partial charge in [-0.05, 0) is 17.7 Å². The lowest BCUT2D eigenvalue weighted by Gasteiger charge is -2.00. The number of esters is 1. The van der Waals surface area contributed by atoms with E-state index < -0.39 is 5.97 Å². The van der Waals surface area contributed by atoms with E-state index in [2.05, 4.69) is 19.7 Å². The number of methoxy groups -OCH3 is 1. The third-order valence-electron chi connectivity index (χ3n) is 2.26. The van der Waals surface area contributed by atoms with Crippen LogP contribution in [0.1, 0.15) is 16.1 Å². The van der Waals surface area contributed by atoms with Crippen LogP contribution in [-0.2, 0) is 4.74 Å². The lowest BCUT2D eigenvalue weighted by atomic mass is 10.2. The molecule has 0 N–H and O–H groups in total. The number of ether oxygens (including phenoxy) is 1. The van der Waals surface area contributed by atoms with Gasteiger partial charge in [-0.25, -0.2) is 24.1 Å². The molecular weight excluding hydrogens is 249 g/mol. The van der Waals surface area contributed by atoms with Crippen LogP contribution >= 0.6 is 0 Å². The van der Waals surface area contributed by atoms with Gasteiger partial charge in [0.05, 0.1) is 7.11 Å². The van der Waals surface area contributed by atoms with Crippen molar-refractivity contribution >= 4 is 18.0 Å². The predicted molar refractivity (Wildman–Crippen MR) is 67.0 cm³/mol. The Bertz CT molecular complexity index is 612. The zero-order valence-corrected chi connectivity index (χ0v) is 10.1. The maximum Gasteiger partial charge on any atom is 0.360 e. The molecule has 96 valence electrons. The average Bonchev–Trinajstić information content (AvgIpc) is 2.46. The van der Waals surface area contributed by atoms with Gasteiger partial charge in [-0.3, -0.25) is 0 Å². The molecule has 0 saturated heterocycles. The minimum atomic E-state index is -0.612. The van der Waals surface area contributed by atoms with Crippen LogP contribution in [0.5, 0.6) is 0 Å². The van der Waals surface area contributed by atoms with Crippen molar-refractivity contribution < 1.29 is 13.9 Å². The van der Waals surface area contributed by atoms with Crippen molar-refractivity contribution in [1.29, 1.82) is 0 Å². The van der Waals surface area contributed by atoms with E-state index in [0.717, 1.165) is 0 Å². The molecule has 5 nitrogen and oxygen atoms in total. The van der Waals surface area contributed by atoms with Gasteiger partial charge < -0.3 is 4.74 Å². The molecule has 0 spiro atoms. The SMILES string of the molecule is COC(=O)c1nccnc1/N=C/c1ccc(F)cc1. The second-order valence-corrected chi connectivity index (χ2v) is 3.53. The first-order valence-corrected chi connectivity index (χ1v) is 5.39. The van der Waals surface area contributed by atoms with Crippen LogP contribution in [0, 0.1) is 5.82 Å². The van der Waals surface area contributed by atoms with Gasteiger partial charge >= 0.3 is 5.97 Å². The molecule has 1 heterocycles. The lowest BCUT2D eigenvalue weighted by Crippen LogP contribution is -2.05. The Morgan fingerprint density at radius 1 is 1.26 bits per heavy atom. The Morgan fingerprint density at radius 2 is 1.95 bits per heavy atom. The molecule has 0 aliphatic heterocycles. The molecule has 19 heavy (non-hydrogen) atoms. The van der Waals surface area contributed by atoms with Crippen molar-refractivity contribution in [2.75, 3.05) is 7.11 Å². The Labute approximate surface area is 108 Å². The molecule has 0 amide bonds. The quantitative estimate of drug-likeness (QED) is 0.625. The first-order valence-electron chi connectivity index (χ1n) is 5.39. The van der Waals surface area contributed by atoms with E-state index in [0.29, 0.717) is 5.56 Å². The maximum atomic E-state index is 12.7. The van der Waals surface area contributed by atoms with Crippen molar-refractivity contribution in [1.82, 2.24) is 9.97 Å². The van der Waals surface area contributed by atoms with Crippen LogP contribution in [0.15, 0.2) is 41.7 Å². The number of rotatable bonds is 3. The highest BCUT2D eigenvalue weighted by atomic mass is 19.1. The molecule has 6 heteroatoms. The van der Waals surface area contributed by atoms with Crippen molar-refractivity contribution in [3.05, 3.63) is 53.7 Å². The predicted octanol–water partition coefficient (Wildman–Crippen LogP) is 2.15. The summed E-state index contributed by atoms with van der Waals surface area (Å²) in [5.41, 5.74) is 0.714. The molecular formula is C13H10FN3O2. The van der Waals surface area contributed by atoms with Crippen molar-refractivity contribution in [3.8, 4) is 0 Å². The monoisotopic (exact) mass is 259 g/mol. The molecule has 0 atom stereocenters. The summed E-state index contributed by atoms with van der Waals surface area (Å²) in [5.74, 6) is -0.787. The zero-order valence-electron chi connectivity index (χ0n) is 10.1. The van der Waals surface area contributed by atoms with Gasteiger partial charge in [-0.15, -0.1) is 0 Å². The lowest BCUT2D eigenvalue weighted by molar-refractivity contribution is 0.0594. The van der Waals surface area contributed by atoms with Crippen molar-refractivity contribution in [2.45, 2.75) is 0 Å². The zero-order chi connectivity index (χ0) is 13.7. The summed E-state index contributed by atoms with van der Waals surface area (Å²) in [5, 5.41) is 0. The highest BCUT2D eigenvalue weighted by Gasteiger charge is 2.13. The van der Waals surface area contributed by atoms with Gasteiger partial charge in [0, 0.05) is 18.6 Å². The molecule has 2 aromatic rings. The largest absolute Gasteiger partial charge is 0.464 e. The van der Waals surface area contributed by atoms with E-state index in [9.17, 15) is 9.18 Å². The number of aliphatic imine (C=N–C) groups is 1.